The zero-order valence-corrected chi connectivity index (χ0v) is 10.1. The van der Waals surface area contributed by atoms with Gasteiger partial charge >= 0.3 is 0 Å². The molecule has 0 aliphatic heterocycles. The highest BCUT2D eigenvalue weighted by Crippen LogP contribution is 2.34. The molecule has 0 aliphatic rings. The van der Waals surface area contributed by atoms with E-state index >= 15 is 0 Å². The number of nitrogens with two attached hydrogens (primary N) is 1. The summed E-state index contributed by atoms with van der Waals surface area (Å²) in [7, 11) is 4.25. The van der Waals surface area contributed by atoms with Gasteiger partial charge in [-0.25, -0.2) is 0 Å². The molecule has 0 aromatic rings. The monoisotopic (exact) mass is 186 g/mol. The molecule has 0 amide bonds. The van der Waals surface area contributed by atoms with Crippen LogP contribution in [-0.4, -0.2) is 32.1 Å². The lowest BCUT2D eigenvalue weighted by atomic mass is 9.70. The SMILES string of the molecule is C[C@H](CN(C)C)C(C)(C)[C@@H](C)CN. The molecule has 2 N–H and O–H groups in total. The standard InChI is InChI=1S/C11H26N2/c1-9(7-12)11(3,4)10(2)8-13(5)6/h9-10H,7-8,12H2,1-6H3/t9-,10+/m0/s1. The van der Waals surface area contributed by atoms with Crippen molar-refractivity contribution in [1.29, 1.82) is 0 Å². The Labute approximate surface area is 83.5 Å². The van der Waals surface area contributed by atoms with Crippen LogP contribution < -0.4 is 5.73 Å². The minimum Gasteiger partial charge on any atom is -0.330 e. The summed E-state index contributed by atoms with van der Waals surface area (Å²) >= 11 is 0. The van der Waals surface area contributed by atoms with E-state index in [-0.39, 0.29) is 0 Å². The minimum absolute atomic E-state index is 0.332. The Morgan fingerprint density at radius 3 is 1.92 bits per heavy atom. The molecule has 0 radical (unpaired) electrons. The van der Waals surface area contributed by atoms with Crippen molar-refractivity contribution in [3.8, 4) is 0 Å². The van der Waals surface area contributed by atoms with Crippen LogP contribution in [0.25, 0.3) is 0 Å². The van der Waals surface area contributed by atoms with Crippen LogP contribution >= 0.6 is 0 Å². The molecule has 0 aromatic heterocycles. The first-order chi connectivity index (χ1) is 5.82. The van der Waals surface area contributed by atoms with E-state index in [9.17, 15) is 0 Å². The maximum absolute atomic E-state index is 5.71. The lowest BCUT2D eigenvalue weighted by molar-refractivity contribution is 0.117. The Morgan fingerprint density at radius 2 is 1.62 bits per heavy atom. The molecule has 0 heterocycles. The van der Waals surface area contributed by atoms with Gasteiger partial charge in [-0.1, -0.05) is 27.7 Å². The molecule has 0 aromatic carbocycles. The summed E-state index contributed by atoms with van der Waals surface area (Å²) in [6, 6.07) is 0. The minimum atomic E-state index is 0.332. The fourth-order valence-electron chi connectivity index (χ4n) is 1.57. The second-order valence-electron chi connectivity index (χ2n) is 5.12. The highest BCUT2D eigenvalue weighted by molar-refractivity contribution is 4.82. The summed E-state index contributed by atoms with van der Waals surface area (Å²) in [4.78, 5) is 2.25. The van der Waals surface area contributed by atoms with E-state index in [1.54, 1.807) is 0 Å². The largest absolute Gasteiger partial charge is 0.330 e. The van der Waals surface area contributed by atoms with E-state index in [2.05, 4.69) is 46.7 Å². The Morgan fingerprint density at radius 1 is 1.15 bits per heavy atom. The van der Waals surface area contributed by atoms with Gasteiger partial charge < -0.3 is 10.6 Å². The van der Waals surface area contributed by atoms with Crippen molar-refractivity contribution >= 4 is 0 Å². The zero-order valence-electron chi connectivity index (χ0n) is 10.1. The smallest absolute Gasteiger partial charge is 0.000613 e. The van der Waals surface area contributed by atoms with Crippen molar-refractivity contribution in [2.75, 3.05) is 27.2 Å². The van der Waals surface area contributed by atoms with Crippen LogP contribution in [-0.2, 0) is 0 Å². The summed E-state index contributed by atoms with van der Waals surface area (Å²) in [5, 5.41) is 0. The average Bonchev–Trinajstić information content (AvgIpc) is 2.01. The first-order valence-electron chi connectivity index (χ1n) is 5.17. The van der Waals surface area contributed by atoms with Crippen LogP contribution in [0.2, 0.25) is 0 Å². The normalized spacial score (nSPS) is 17.5. The van der Waals surface area contributed by atoms with Crippen molar-refractivity contribution in [3.05, 3.63) is 0 Å². The fraction of sp³-hybridized carbons (Fsp3) is 1.00. The van der Waals surface area contributed by atoms with Gasteiger partial charge in [0.1, 0.15) is 0 Å². The average molecular weight is 186 g/mol. The molecule has 0 unspecified atom stereocenters. The molecular formula is C11H26N2. The molecule has 0 bridgehead atoms. The third-order valence-corrected chi connectivity index (χ3v) is 3.53. The molecule has 0 saturated heterocycles. The summed E-state index contributed by atoms with van der Waals surface area (Å²) in [5.74, 6) is 1.27. The predicted molar refractivity (Wildman–Crippen MR) is 59.7 cm³/mol. The topological polar surface area (TPSA) is 29.3 Å². The Bertz CT molecular complexity index is 141. The van der Waals surface area contributed by atoms with Crippen LogP contribution in [0.15, 0.2) is 0 Å². The van der Waals surface area contributed by atoms with Crippen molar-refractivity contribution < 1.29 is 0 Å². The van der Waals surface area contributed by atoms with Gasteiger partial charge in [-0.2, -0.15) is 0 Å². The molecular weight excluding hydrogens is 160 g/mol. The summed E-state index contributed by atoms with van der Waals surface area (Å²) in [6.45, 7) is 11.1. The molecule has 13 heavy (non-hydrogen) atoms. The molecule has 0 fully saturated rings. The van der Waals surface area contributed by atoms with Gasteiger partial charge in [-0.3, -0.25) is 0 Å². The van der Waals surface area contributed by atoms with Crippen molar-refractivity contribution in [3.63, 3.8) is 0 Å². The van der Waals surface area contributed by atoms with Crippen molar-refractivity contribution in [1.82, 2.24) is 4.90 Å². The van der Waals surface area contributed by atoms with Gasteiger partial charge in [0.25, 0.3) is 0 Å². The van der Waals surface area contributed by atoms with Gasteiger partial charge in [0.2, 0.25) is 0 Å². The summed E-state index contributed by atoms with van der Waals surface area (Å²) in [6.07, 6.45) is 0. The second-order valence-corrected chi connectivity index (χ2v) is 5.12. The van der Waals surface area contributed by atoms with E-state index in [1.165, 1.54) is 0 Å². The Balaban J connectivity index is 4.25. The molecule has 2 atom stereocenters. The number of hydrogen-bond acceptors (Lipinski definition) is 2. The first-order valence-corrected chi connectivity index (χ1v) is 5.17. The van der Waals surface area contributed by atoms with E-state index in [0.29, 0.717) is 17.3 Å². The molecule has 0 saturated carbocycles. The van der Waals surface area contributed by atoms with E-state index in [4.69, 9.17) is 5.73 Å². The maximum atomic E-state index is 5.71. The van der Waals surface area contributed by atoms with Crippen LogP contribution in [0.5, 0.6) is 0 Å². The van der Waals surface area contributed by atoms with Gasteiger partial charge in [-0.05, 0) is 37.9 Å². The number of nitrogens with zero attached hydrogens (tertiary/aromatic N) is 1. The van der Waals surface area contributed by atoms with Crippen LogP contribution in [0.3, 0.4) is 0 Å². The van der Waals surface area contributed by atoms with Crippen LogP contribution in [0.4, 0.5) is 0 Å². The molecule has 2 heteroatoms. The third kappa shape index (κ3) is 3.65. The van der Waals surface area contributed by atoms with E-state index in [0.717, 1.165) is 13.1 Å². The molecule has 0 aliphatic carbocycles. The number of rotatable bonds is 5. The van der Waals surface area contributed by atoms with Crippen LogP contribution in [0.1, 0.15) is 27.7 Å². The highest BCUT2D eigenvalue weighted by Gasteiger charge is 2.31. The number of hydrogen-bond donors (Lipinski definition) is 1. The van der Waals surface area contributed by atoms with Gasteiger partial charge in [-0.15, -0.1) is 0 Å². The van der Waals surface area contributed by atoms with Crippen molar-refractivity contribution in [2.24, 2.45) is 23.0 Å². The second kappa shape index (κ2) is 4.97. The Hall–Kier alpha value is -0.0800. The summed E-state index contributed by atoms with van der Waals surface area (Å²) in [5.41, 5.74) is 6.05. The Kier molecular flexibility index (Phi) is 4.93. The van der Waals surface area contributed by atoms with Gasteiger partial charge in [0.15, 0.2) is 0 Å². The fourth-order valence-corrected chi connectivity index (χ4v) is 1.57. The highest BCUT2D eigenvalue weighted by atomic mass is 15.1. The maximum Gasteiger partial charge on any atom is 0.000613 e. The zero-order chi connectivity index (χ0) is 10.6. The van der Waals surface area contributed by atoms with Crippen LogP contribution in [0, 0.1) is 17.3 Å². The molecule has 0 spiro atoms. The lowest BCUT2D eigenvalue weighted by Crippen LogP contribution is -2.38. The quantitative estimate of drug-likeness (QED) is 0.709. The lowest BCUT2D eigenvalue weighted by Gasteiger charge is -2.38. The van der Waals surface area contributed by atoms with Gasteiger partial charge in [0.05, 0.1) is 0 Å². The third-order valence-electron chi connectivity index (χ3n) is 3.53. The predicted octanol–water partition coefficient (Wildman–Crippen LogP) is 1.81. The first kappa shape index (κ1) is 12.9. The molecule has 2 nitrogen and oxygen atoms in total. The molecule has 80 valence electrons. The molecule has 0 rings (SSSR count). The summed E-state index contributed by atoms with van der Waals surface area (Å²) < 4.78 is 0. The van der Waals surface area contributed by atoms with E-state index < -0.39 is 0 Å². The van der Waals surface area contributed by atoms with Crippen molar-refractivity contribution in [2.45, 2.75) is 27.7 Å². The van der Waals surface area contributed by atoms with Gasteiger partial charge in [0, 0.05) is 6.54 Å². The van der Waals surface area contributed by atoms with E-state index in [1.807, 2.05) is 0 Å².